The summed E-state index contributed by atoms with van der Waals surface area (Å²) in [6.07, 6.45) is 3.51. The highest BCUT2D eigenvalue weighted by molar-refractivity contribution is 6.17. The van der Waals surface area contributed by atoms with Gasteiger partial charge in [-0.05, 0) is 41.1 Å². The molecule has 0 fully saturated rings. The molecule has 145 valence electrons. The quantitative estimate of drug-likeness (QED) is 0.374. The first-order chi connectivity index (χ1) is 14.8. The average molecular weight is 411 g/mol. The average Bonchev–Trinajstić information content (AvgIpc) is 3.24. The summed E-state index contributed by atoms with van der Waals surface area (Å²) in [4.78, 5) is 13.7. The SMILES string of the molecule is ClCc1cnc(-c2ccc3ccccc3c2)n1-c1ccnc(Nc2c[c]ccc2)n1. The van der Waals surface area contributed by atoms with Crippen LogP contribution in [0.3, 0.4) is 0 Å². The topological polar surface area (TPSA) is 55.6 Å². The lowest BCUT2D eigenvalue weighted by Gasteiger charge is -2.12. The van der Waals surface area contributed by atoms with E-state index >= 15 is 0 Å². The molecule has 0 unspecified atom stereocenters. The Balaban J connectivity index is 1.59. The third-order valence-electron chi connectivity index (χ3n) is 4.81. The smallest absolute Gasteiger partial charge is 0.229 e. The van der Waals surface area contributed by atoms with Gasteiger partial charge in [0, 0.05) is 17.4 Å². The molecule has 2 heterocycles. The molecule has 0 saturated carbocycles. The number of halogens is 1. The van der Waals surface area contributed by atoms with Crippen LogP contribution in [0.1, 0.15) is 5.69 Å². The summed E-state index contributed by atoms with van der Waals surface area (Å²) in [7, 11) is 0. The molecule has 0 aliphatic heterocycles. The number of imidazole rings is 1. The number of nitrogens with zero attached hydrogens (tertiary/aromatic N) is 4. The lowest BCUT2D eigenvalue weighted by atomic mass is 10.1. The number of hydrogen-bond acceptors (Lipinski definition) is 4. The zero-order valence-corrected chi connectivity index (χ0v) is 16.7. The van der Waals surface area contributed by atoms with Gasteiger partial charge in [0.05, 0.1) is 17.8 Å². The zero-order valence-electron chi connectivity index (χ0n) is 16.0. The molecular weight excluding hydrogens is 394 g/mol. The van der Waals surface area contributed by atoms with Gasteiger partial charge < -0.3 is 5.32 Å². The number of benzene rings is 3. The van der Waals surface area contributed by atoms with Crippen LogP contribution in [0.15, 0.2) is 85.2 Å². The molecule has 0 bridgehead atoms. The predicted molar refractivity (Wildman–Crippen MR) is 120 cm³/mol. The van der Waals surface area contributed by atoms with Crippen LogP contribution in [-0.4, -0.2) is 19.5 Å². The lowest BCUT2D eigenvalue weighted by molar-refractivity contribution is 0.940. The van der Waals surface area contributed by atoms with Crippen LogP contribution in [0.4, 0.5) is 11.6 Å². The van der Waals surface area contributed by atoms with Gasteiger partial charge in [0.1, 0.15) is 11.6 Å². The van der Waals surface area contributed by atoms with E-state index < -0.39 is 0 Å². The van der Waals surface area contributed by atoms with Crippen LogP contribution >= 0.6 is 11.6 Å². The summed E-state index contributed by atoms with van der Waals surface area (Å²) in [6, 6.07) is 27.0. The molecular formula is C24H17ClN5. The Morgan fingerprint density at radius 3 is 2.70 bits per heavy atom. The number of rotatable bonds is 5. The molecule has 3 aromatic carbocycles. The second-order valence-corrected chi connectivity index (χ2v) is 7.03. The molecule has 30 heavy (non-hydrogen) atoms. The minimum Gasteiger partial charge on any atom is -0.324 e. The lowest BCUT2D eigenvalue weighted by Crippen LogP contribution is -2.06. The van der Waals surface area contributed by atoms with Crippen molar-refractivity contribution >= 4 is 34.0 Å². The zero-order chi connectivity index (χ0) is 20.3. The summed E-state index contributed by atoms with van der Waals surface area (Å²) in [5.41, 5.74) is 2.72. The second-order valence-electron chi connectivity index (χ2n) is 6.76. The van der Waals surface area contributed by atoms with E-state index in [2.05, 4.69) is 51.7 Å². The standard InChI is InChI=1S/C24H17ClN5/c25-15-21-16-27-23(19-11-10-17-6-4-5-7-18(17)14-19)30(21)22-12-13-26-24(29-22)28-20-8-2-1-3-9-20/h1-2,4-14,16H,15H2,(H,26,28,29). The van der Waals surface area contributed by atoms with E-state index in [9.17, 15) is 0 Å². The molecule has 5 rings (SSSR count). The van der Waals surface area contributed by atoms with Crippen molar-refractivity contribution in [3.8, 4) is 17.2 Å². The molecule has 5 aromatic rings. The van der Waals surface area contributed by atoms with Crippen molar-refractivity contribution < 1.29 is 0 Å². The highest BCUT2D eigenvalue weighted by Crippen LogP contribution is 2.27. The molecule has 0 saturated heterocycles. The Labute approximate surface area is 179 Å². The Hall–Kier alpha value is -3.70. The molecule has 0 spiro atoms. The largest absolute Gasteiger partial charge is 0.324 e. The van der Waals surface area contributed by atoms with Crippen molar-refractivity contribution in [2.75, 3.05) is 5.32 Å². The van der Waals surface area contributed by atoms with E-state index in [1.807, 2.05) is 47.0 Å². The van der Waals surface area contributed by atoms with Crippen LogP contribution in [0.5, 0.6) is 0 Å². The number of fused-ring (bicyclic) bond motifs is 1. The predicted octanol–water partition coefficient (Wildman–Crippen LogP) is 5.77. The highest BCUT2D eigenvalue weighted by Gasteiger charge is 2.15. The van der Waals surface area contributed by atoms with Gasteiger partial charge in [0.2, 0.25) is 5.95 Å². The van der Waals surface area contributed by atoms with Crippen molar-refractivity contribution in [2.45, 2.75) is 5.88 Å². The maximum Gasteiger partial charge on any atom is 0.229 e. The summed E-state index contributed by atoms with van der Waals surface area (Å²) >= 11 is 6.22. The number of alkyl halides is 1. The van der Waals surface area contributed by atoms with E-state index in [1.54, 1.807) is 12.4 Å². The molecule has 6 heteroatoms. The van der Waals surface area contributed by atoms with Gasteiger partial charge in [-0.3, -0.25) is 4.57 Å². The minimum atomic E-state index is 0.320. The van der Waals surface area contributed by atoms with Gasteiger partial charge in [-0.2, -0.15) is 4.98 Å². The Morgan fingerprint density at radius 1 is 0.967 bits per heavy atom. The molecule has 5 nitrogen and oxygen atoms in total. The maximum absolute atomic E-state index is 6.22. The van der Waals surface area contributed by atoms with Crippen molar-refractivity contribution in [2.24, 2.45) is 0 Å². The van der Waals surface area contributed by atoms with Gasteiger partial charge in [-0.1, -0.05) is 48.5 Å². The number of hydrogen-bond donors (Lipinski definition) is 1. The van der Waals surface area contributed by atoms with Crippen LogP contribution < -0.4 is 5.32 Å². The number of anilines is 2. The van der Waals surface area contributed by atoms with Crippen LogP contribution in [0, 0.1) is 6.07 Å². The van der Waals surface area contributed by atoms with Crippen LogP contribution in [0.25, 0.3) is 28.0 Å². The normalized spacial score (nSPS) is 11.0. The minimum absolute atomic E-state index is 0.320. The van der Waals surface area contributed by atoms with Gasteiger partial charge >= 0.3 is 0 Å². The first-order valence-electron chi connectivity index (χ1n) is 9.50. The first kappa shape index (κ1) is 18.3. The molecule has 0 aliphatic rings. The summed E-state index contributed by atoms with van der Waals surface area (Å²) in [6.45, 7) is 0. The van der Waals surface area contributed by atoms with E-state index in [-0.39, 0.29) is 0 Å². The van der Waals surface area contributed by atoms with Crippen LogP contribution in [0.2, 0.25) is 0 Å². The fourth-order valence-electron chi connectivity index (χ4n) is 3.40. The van der Waals surface area contributed by atoms with E-state index in [0.29, 0.717) is 17.6 Å². The van der Waals surface area contributed by atoms with Crippen molar-refractivity contribution in [1.82, 2.24) is 19.5 Å². The Bertz CT molecular complexity index is 1310. The van der Waals surface area contributed by atoms with Gasteiger partial charge in [0.25, 0.3) is 0 Å². The van der Waals surface area contributed by atoms with E-state index in [1.165, 1.54) is 5.39 Å². The van der Waals surface area contributed by atoms with Crippen molar-refractivity contribution in [3.05, 3.63) is 97.0 Å². The van der Waals surface area contributed by atoms with E-state index in [4.69, 9.17) is 16.6 Å². The maximum atomic E-state index is 6.22. The highest BCUT2D eigenvalue weighted by atomic mass is 35.5. The molecule has 0 aliphatic carbocycles. The monoisotopic (exact) mass is 410 g/mol. The van der Waals surface area contributed by atoms with E-state index in [0.717, 1.165) is 28.2 Å². The molecule has 0 amide bonds. The van der Waals surface area contributed by atoms with Gasteiger partial charge in [-0.25, -0.2) is 9.97 Å². The Kier molecular flexibility index (Phi) is 4.87. The van der Waals surface area contributed by atoms with Crippen molar-refractivity contribution in [3.63, 3.8) is 0 Å². The fraction of sp³-hybridized carbons (Fsp3) is 0.0417. The van der Waals surface area contributed by atoms with Crippen molar-refractivity contribution in [1.29, 1.82) is 0 Å². The summed E-state index contributed by atoms with van der Waals surface area (Å²) < 4.78 is 1.97. The third kappa shape index (κ3) is 3.51. The van der Waals surface area contributed by atoms with Gasteiger partial charge in [0.15, 0.2) is 0 Å². The third-order valence-corrected chi connectivity index (χ3v) is 5.09. The molecule has 0 atom stereocenters. The first-order valence-corrected chi connectivity index (χ1v) is 10.0. The van der Waals surface area contributed by atoms with Crippen LogP contribution in [-0.2, 0) is 5.88 Å². The fourth-order valence-corrected chi connectivity index (χ4v) is 3.59. The number of nitrogens with one attached hydrogen (secondary N) is 1. The second kappa shape index (κ2) is 7.97. The Morgan fingerprint density at radius 2 is 1.87 bits per heavy atom. The molecule has 1 radical (unpaired) electrons. The van der Waals surface area contributed by atoms with Gasteiger partial charge in [-0.15, -0.1) is 11.6 Å². The summed E-state index contributed by atoms with van der Waals surface area (Å²) in [5.74, 6) is 2.30. The molecule has 1 N–H and O–H groups in total. The number of aromatic nitrogens is 4. The summed E-state index contributed by atoms with van der Waals surface area (Å²) in [5, 5.41) is 5.55. The molecule has 2 aromatic heterocycles.